The number of hydrogen-bond acceptors (Lipinski definition) is 5. The first-order valence-electron chi connectivity index (χ1n) is 9.83. The summed E-state index contributed by atoms with van der Waals surface area (Å²) < 4.78 is 27.2. The molecule has 0 saturated carbocycles. The quantitative estimate of drug-likeness (QED) is 0.747. The predicted molar refractivity (Wildman–Crippen MR) is 112 cm³/mol. The fourth-order valence-electron chi connectivity index (χ4n) is 3.07. The minimum absolute atomic E-state index is 0.0411. The lowest BCUT2D eigenvalue weighted by atomic mass is 9.87. The molecule has 1 aromatic carbocycles. The molecule has 1 fully saturated rings. The molecule has 0 radical (unpaired) electrons. The highest BCUT2D eigenvalue weighted by molar-refractivity contribution is 7.89. The number of benzene rings is 1. The van der Waals surface area contributed by atoms with Crippen LogP contribution in [0.3, 0.4) is 0 Å². The molecule has 1 aliphatic heterocycles. The van der Waals surface area contributed by atoms with Gasteiger partial charge in [-0.25, -0.2) is 13.2 Å². The molecule has 0 unspecified atom stereocenters. The molecular formula is C20H32N4O4S. The van der Waals surface area contributed by atoms with Crippen LogP contribution in [-0.2, 0) is 20.2 Å². The fraction of sp³-hybridized carbons (Fsp3) is 0.600. The van der Waals surface area contributed by atoms with Crippen LogP contribution in [0.25, 0.3) is 0 Å². The second-order valence-electron chi connectivity index (χ2n) is 8.63. The first-order chi connectivity index (χ1) is 13.4. The van der Waals surface area contributed by atoms with Gasteiger partial charge in [-0.05, 0) is 37.0 Å². The number of carbonyl (C=O) groups excluding carboxylic acids is 2. The number of nitrogens with one attached hydrogen (secondary N) is 2. The summed E-state index contributed by atoms with van der Waals surface area (Å²) in [6.45, 7) is 11.4. The lowest BCUT2D eigenvalue weighted by Crippen LogP contribution is -2.52. The molecule has 0 spiro atoms. The van der Waals surface area contributed by atoms with E-state index in [1.807, 2.05) is 17.0 Å². The van der Waals surface area contributed by atoms with Crippen molar-refractivity contribution in [2.75, 3.05) is 32.7 Å². The number of rotatable bonds is 5. The van der Waals surface area contributed by atoms with Gasteiger partial charge in [-0.2, -0.15) is 4.31 Å². The van der Waals surface area contributed by atoms with Crippen LogP contribution in [0.4, 0.5) is 4.79 Å². The normalized spacial score (nSPS) is 16.6. The van der Waals surface area contributed by atoms with E-state index in [0.29, 0.717) is 26.2 Å². The van der Waals surface area contributed by atoms with E-state index in [9.17, 15) is 18.0 Å². The molecule has 1 saturated heterocycles. The number of amides is 3. The van der Waals surface area contributed by atoms with Crippen molar-refractivity contribution in [3.63, 3.8) is 0 Å². The highest BCUT2D eigenvalue weighted by Crippen LogP contribution is 2.25. The van der Waals surface area contributed by atoms with Crippen molar-refractivity contribution < 1.29 is 18.0 Å². The molecule has 3 amide bonds. The van der Waals surface area contributed by atoms with Gasteiger partial charge in [0.15, 0.2) is 0 Å². The van der Waals surface area contributed by atoms with Gasteiger partial charge in [-0.3, -0.25) is 15.0 Å². The summed E-state index contributed by atoms with van der Waals surface area (Å²) >= 11 is 0. The van der Waals surface area contributed by atoms with Crippen molar-refractivity contribution in [3.8, 4) is 0 Å². The summed E-state index contributed by atoms with van der Waals surface area (Å²) in [4.78, 5) is 25.7. The number of sulfonamides is 1. The molecular weight excluding hydrogens is 392 g/mol. The van der Waals surface area contributed by atoms with Crippen LogP contribution in [0, 0.1) is 0 Å². The maximum Gasteiger partial charge on any atom is 0.321 e. The van der Waals surface area contributed by atoms with Gasteiger partial charge in [0.05, 0.1) is 11.4 Å². The molecule has 0 bridgehead atoms. The third-order valence-corrected chi connectivity index (χ3v) is 6.64. The smallest absolute Gasteiger partial charge is 0.321 e. The largest absolute Gasteiger partial charge is 0.336 e. The Morgan fingerprint density at radius 3 is 2.07 bits per heavy atom. The Hall–Kier alpha value is -1.97. The molecule has 8 nitrogen and oxygen atoms in total. The van der Waals surface area contributed by atoms with Crippen molar-refractivity contribution in [2.24, 2.45) is 0 Å². The number of carbonyl (C=O) groups is 2. The Morgan fingerprint density at radius 2 is 1.59 bits per heavy atom. The molecule has 0 aliphatic carbocycles. The molecule has 162 valence electrons. The number of urea groups is 1. The van der Waals surface area contributed by atoms with E-state index >= 15 is 0 Å². The molecule has 1 aliphatic rings. The van der Waals surface area contributed by atoms with Crippen molar-refractivity contribution in [3.05, 3.63) is 29.8 Å². The minimum Gasteiger partial charge on any atom is -0.336 e. The SMILES string of the molecule is CC(C)NC(=O)NC(=O)CN1CCN(S(=O)(=O)c2ccc(C(C)(C)C)cc2)CC1. The average Bonchev–Trinajstić information content (AvgIpc) is 2.60. The first-order valence-corrected chi connectivity index (χ1v) is 11.3. The van der Waals surface area contributed by atoms with Gasteiger partial charge in [-0.1, -0.05) is 32.9 Å². The van der Waals surface area contributed by atoms with Crippen molar-refractivity contribution in [2.45, 2.75) is 51.0 Å². The van der Waals surface area contributed by atoms with E-state index in [4.69, 9.17) is 0 Å². The summed E-state index contributed by atoms with van der Waals surface area (Å²) in [6, 6.07) is 6.44. The van der Waals surface area contributed by atoms with Crippen LogP contribution in [0.1, 0.15) is 40.2 Å². The summed E-state index contributed by atoms with van der Waals surface area (Å²) in [7, 11) is -3.57. The van der Waals surface area contributed by atoms with Crippen LogP contribution < -0.4 is 10.6 Å². The van der Waals surface area contributed by atoms with Crippen molar-refractivity contribution in [1.82, 2.24) is 19.8 Å². The number of imide groups is 1. The van der Waals surface area contributed by atoms with Gasteiger partial charge in [0.25, 0.3) is 0 Å². The zero-order chi connectivity index (χ0) is 21.8. The van der Waals surface area contributed by atoms with Crippen molar-refractivity contribution in [1.29, 1.82) is 0 Å². The Morgan fingerprint density at radius 1 is 1.03 bits per heavy atom. The van der Waals surface area contributed by atoms with E-state index in [-0.39, 0.29) is 22.9 Å². The van der Waals surface area contributed by atoms with Crippen LogP contribution in [-0.4, -0.2) is 68.3 Å². The van der Waals surface area contributed by atoms with Crippen LogP contribution in [0.2, 0.25) is 0 Å². The molecule has 1 aromatic rings. The van der Waals surface area contributed by atoms with Gasteiger partial charge in [-0.15, -0.1) is 0 Å². The maximum absolute atomic E-state index is 12.9. The summed E-state index contributed by atoms with van der Waals surface area (Å²) in [5.74, 6) is -0.405. The monoisotopic (exact) mass is 424 g/mol. The second-order valence-corrected chi connectivity index (χ2v) is 10.6. The van der Waals surface area contributed by atoms with Gasteiger partial charge < -0.3 is 5.32 Å². The van der Waals surface area contributed by atoms with Gasteiger partial charge in [0.1, 0.15) is 0 Å². The predicted octanol–water partition coefficient (Wildman–Crippen LogP) is 1.52. The molecule has 1 heterocycles. The summed E-state index contributed by atoms with van der Waals surface area (Å²) in [5, 5.41) is 4.87. The Labute approximate surface area is 173 Å². The maximum atomic E-state index is 12.9. The van der Waals surface area contributed by atoms with Crippen molar-refractivity contribution >= 4 is 22.0 Å². The standard InChI is InChI=1S/C20H32N4O4S/c1-15(2)21-19(26)22-18(25)14-23-10-12-24(13-11-23)29(27,28)17-8-6-16(7-9-17)20(3,4)5/h6-9,15H,10-14H2,1-5H3,(H2,21,22,25,26). The Bertz CT molecular complexity index is 821. The lowest BCUT2D eigenvalue weighted by molar-refractivity contribution is -0.121. The van der Waals surface area contributed by atoms with Gasteiger partial charge in [0.2, 0.25) is 15.9 Å². The molecule has 2 N–H and O–H groups in total. The zero-order valence-electron chi connectivity index (χ0n) is 17.9. The van der Waals surface area contributed by atoms with E-state index in [0.717, 1.165) is 5.56 Å². The van der Waals surface area contributed by atoms with Crippen LogP contribution in [0.5, 0.6) is 0 Å². The summed E-state index contributed by atoms with van der Waals surface area (Å²) in [6.07, 6.45) is 0. The molecule has 0 aromatic heterocycles. The lowest BCUT2D eigenvalue weighted by Gasteiger charge is -2.33. The first kappa shape index (κ1) is 23.3. The third kappa shape index (κ3) is 6.52. The molecule has 29 heavy (non-hydrogen) atoms. The minimum atomic E-state index is -3.57. The summed E-state index contributed by atoms with van der Waals surface area (Å²) in [5.41, 5.74) is 1.04. The van der Waals surface area contributed by atoms with E-state index in [1.54, 1.807) is 26.0 Å². The second kappa shape index (κ2) is 9.23. The average molecular weight is 425 g/mol. The number of piperazine rings is 1. The fourth-order valence-corrected chi connectivity index (χ4v) is 4.49. The topological polar surface area (TPSA) is 98.8 Å². The van der Waals surface area contributed by atoms with E-state index in [2.05, 4.69) is 31.4 Å². The Balaban J connectivity index is 1.91. The zero-order valence-corrected chi connectivity index (χ0v) is 18.7. The molecule has 0 atom stereocenters. The number of nitrogens with zero attached hydrogens (tertiary/aromatic N) is 2. The van der Waals surface area contributed by atoms with Crippen LogP contribution in [0.15, 0.2) is 29.2 Å². The number of hydrogen-bond donors (Lipinski definition) is 2. The highest BCUT2D eigenvalue weighted by Gasteiger charge is 2.29. The molecule has 2 rings (SSSR count). The molecule has 9 heteroatoms. The van der Waals surface area contributed by atoms with E-state index in [1.165, 1.54) is 4.31 Å². The third-order valence-electron chi connectivity index (χ3n) is 4.73. The van der Waals surface area contributed by atoms with Gasteiger partial charge in [0, 0.05) is 32.2 Å². The van der Waals surface area contributed by atoms with Crippen LogP contribution >= 0.6 is 0 Å². The highest BCUT2D eigenvalue weighted by atomic mass is 32.2. The van der Waals surface area contributed by atoms with E-state index < -0.39 is 22.0 Å². The van der Waals surface area contributed by atoms with Gasteiger partial charge >= 0.3 is 6.03 Å². The Kier molecular flexibility index (Phi) is 7.42.